The lowest BCUT2D eigenvalue weighted by Gasteiger charge is -2.33. The van der Waals surface area contributed by atoms with Crippen molar-refractivity contribution in [1.82, 2.24) is 24.8 Å². The van der Waals surface area contributed by atoms with Crippen molar-refractivity contribution < 1.29 is 13.6 Å². The second kappa shape index (κ2) is 6.53. The van der Waals surface area contributed by atoms with Gasteiger partial charge in [0.05, 0.1) is 12.2 Å². The molecule has 0 bridgehead atoms. The van der Waals surface area contributed by atoms with Crippen LogP contribution in [0.1, 0.15) is 29.0 Å². The molecule has 0 radical (unpaired) electrons. The Balaban J connectivity index is 1.69. The fraction of sp³-hybridized carbons (Fsp3) is 0.353. The van der Waals surface area contributed by atoms with E-state index in [2.05, 4.69) is 25.6 Å². The normalized spacial score (nSPS) is 16.5. The van der Waals surface area contributed by atoms with Crippen LogP contribution in [0.3, 0.4) is 0 Å². The average Bonchev–Trinajstić information content (AvgIpc) is 2.96. The monoisotopic (exact) mass is 373 g/mol. The number of aryl methyl sites for hydroxylation is 1. The van der Waals surface area contributed by atoms with Gasteiger partial charge in [-0.2, -0.15) is 5.10 Å². The second-order valence-corrected chi connectivity index (χ2v) is 6.45. The van der Waals surface area contributed by atoms with E-state index in [9.17, 15) is 13.6 Å². The van der Waals surface area contributed by atoms with E-state index < -0.39 is 11.8 Å². The Morgan fingerprint density at radius 2 is 2.15 bits per heavy atom. The highest BCUT2D eigenvalue weighted by atomic mass is 19.3. The number of nitrogens with one attached hydrogen (secondary N) is 1. The number of alkyl halides is 2. The molecule has 1 aliphatic heterocycles. The minimum absolute atomic E-state index is 0.123. The van der Waals surface area contributed by atoms with Gasteiger partial charge >= 0.3 is 0 Å². The van der Waals surface area contributed by atoms with Crippen LogP contribution in [0.15, 0.2) is 30.5 Å². The number of nitrogens with zero attached hydrogens (tertiary/aromatic N) is 6. The van der Waals surface area contributed by atoms with Crippen LogP contribution in [-0.4, -0.2) is 49.7 Å². The maximum atomic E-state index is 13.7. The predicted octanol–water partition coefficient (Wildman–Crippen LogP) is 2.32. The van der Waals surface area contributed by atoms with Crippen molar-refractivity contribution in [2.75, 3.05) is 23.3 Å². The van der Waals surface area contributed by atoms with Gasteiger partial charge in [0.2, 0.25) is 0 Å². The molecule has 27 heavy (non-hydrogen) atoms. The number of hydrogen-bond acceptors (Lipinski definition) is 6. The van der Waals surface area contributed by atoms with Crippen molar-refractivity contribution in [2.45, 2.75) is 25.7 Å². The van der Waals surface area contributed by atoms with Crippen LogP contribution in [0, 0.1) is 6.92 Å². The molecular formula is C17H17F2N7O. The van der Waals surface area contributed by atoms with E-state index in [1.807, 2.05) is 0 Å². The molecule has 0 saturated carbocycles. The lowest BCUT2D eigenvalue weighted by Crippen LogP contribution is -2.43. The summed E-state index contributed by atoms with van der Waals surface area (Å²) in [5.74, 6) is -2.52. The van der Waals surface area contributed by atoms with Crippen LogP contribution in [0.4, 0.5) is 20.4 Å². The Kier molecular flexibility index (Phi) is 4.17. The van der Waals surface area contributed by atoms with Gasteiger partial charge in [0.15, 0.2) is 17.2 Å². The molecule has 4 rings (SSSR count). The number of fused-ring (bicyclic) bond motifs is 1. The molecule has 0 spiro atoms. The van der Waals surface area contributed by atoms with Crippen molar-refractivity contribution in [3.05, 3.63) is 41.9 Å². The van der Waals surface area contributed by atoms with Crippen LogP contribution < -0.4 is 10.2 Å². The maximum Gasteiger partial charge on any atom is 0.277 e. The van der Waals surface area contributed by atoms with Crippen molar-refractivity contribution in [3.8, 4) is 0 Å². The highest BCUT2D eigenvalue weighted by molar-refractivity contribution is 6.03. The van der Waals surface area contributed by atoms with Crippen LogP contribution in [0.5, 0.6) is 0 Å². The number of aromatic nitrogens is 5. The van der Waals surface area contributed by atoms with Crippen LogP contribution in [-0.2, 0) is 0 Å². The van der Waals surface area contributed by atoms with Gasteiger partial charge in [0, 0.05) is 19.2 Å². The zero-order valence-electron chi connectivity index (χ0n) is 14.6. The molecule has 140 valence electrons. The number of carbonyl (C=O) groups is 1. The molecular weight excluding hydrogens is 356 g/mol. The minimum Gasteiger partial charge on any atom is -0.349 e. The number of anilines is 2. The van der Waals surface area contributed by atoms with Crippen LogP contribution >= 0.6 is 0 Å². The summed E-state index contributed by atoms with van der Waals surface area (Å²) < 4.78 is 28.9. The van der Waals surface area contributed by atoms with E-state index in [0.717, 1.165) is 0 Å². The molecule has 0 aliphatic carbocycles. The molecule has 1 N–H and O–H groups in total. The molecule has 1 amide bonds. The topological polar surface area (TPSA) is 88.3 Å². The predicted molar refractivity (Wildman–Crippen MR) is 94.1 cm³/mol. The molecule has 4 heterocycles. The first-order valence-corrected chi connectivity index (χ1v) is 8.51. The highest BCUT2D eigenvalue weighted by Crippen LogP contribution is 2.29. The first kappa shape index (κ1) is 17.3. The highest BCUT2D eigenvalue weighted by Gasteiger charge is 2.36. The van der Waals surface area contributed by atoms with Crippen LogP contribution in [0.2, 0.25) is 0 Å². The molecule has 10 heteroatoms. The lowest BCUT2D eigenvalue weighted by atomic mass is 10.1. The summed E-state index contributed by atoms with van der Waals surface area (Å²) in [5.41, 5.74) is 1.16. The van der Waals surface area contributed by atoms with Crippen LogP contribution in [0.25, 0.3) is 5.65 Å². The van der Waals surface area contributed by atoms with E-state index >= 15 is 0 Å². The molecule has 1 saturated heterocycles. The second-order valence-electron chi connectivity index (χ2n) is 6.45. The number of rotatable bonds is 3. The third-order valence-corrected chi connectivity index (χ3v) is 4.38. The van der Waals surface area contributed by atoms with Crippen molar-refractivity contribution >= 4 is 23.2 Å². The number of piperidine rings is 1. The van der Waals surface area contributed by atoms with Crippen molar-refractivity contribution in [1.29, 1.82) is 0 Å². The fourth-order valence-electron chi connectivity index (χ4n) is 3.17. The molecule has 0 atom stereocenters. The molecule has 3 aromatic rings. The first-order valence-electron chi connectivity index (χ1n) is 8.51. The Labute approximate surface area is 153 Å². The first-order chi connectivity index (χ1) is 12.9. The smallest absolute Gasteiger partial charge is 0.277 e. The average molecular weight is 373 g/mol. The Morgan fingerprint density at radius 3 is 2.89 bits per heavy atom. The van der Waals surface area contributed by atoms with E-state index in [1.54, 1.807) is 31.2 Å². The van der Waals surface area contributed by atoms with Gasteiger partial charge in [-0.25, -0.2) is 18.3 Å². The Morgan fingerprint density at radius 1 is 1.30 bits per heavy atom. The molecule has 3 aromatic heterocycles. The van der Waals surface area contributed by atoms with Gasteiger partial charge in [0.25, 0.3) is 11.8 Å². The Bertz CT molecular complexity index is 990. The van der Waals surface area contributed by atoms with Gasteiger partial charge in [-0.3, -0.25) is 4.79 Å². The van der Waals surface area contributed by atoms with E-state index in [4.69, 9.17) is 0 Å². The quantitative estimate of drug-likeness (QED) is 0.758. The van der Waals surface area contributed by atoms with E-state index in [0.29, 0.717) is 35.9 Å². The Hall–Kier alpha value is -3.17. The summed E-state index contributed by atoms with van der Waals surface area (Å²) in [6, 6.07) is 6.57. The summed E-state index contributed by atoms with van der Waals surface area (Å²) in [4.78, 5) is 18.5. The molecule has 0 unspecified atom stereocenters. The maximum absolute atomic E-state index is 13.7. The number of carbonyl (C=O) groups excluding carboxylic acids is 1. The SMILES string of the molecule is Cc1nc2ccc(N3CCCC(F)(F)C3)nn2c1C(=O)Nc1cccnn1. The van der Waals surface area contributed by atoms with E-state index in [1.165, 1.54) is 15.6 Å². The largest absolute Gasteiger partial charge is 0.349 e. The zero-order valence-corrected chi connectivity index (χ0v) is 14.6. The minimum atomic E-state index is -2.74. The van der Waals surface area contributed by atoms with E-state index in [-0.39, 0.29) is 18.7 Å². The van der Waals surface area contributed by atoms with Crippen molar-refractivity contribution in [3.63, 3.8) is 0 Å². The van der Waals surface area contributed by atoms with Crippen molar-refractivity contribution in [2.24, 2.45) is 0 Å². The third-order valence-electron chi connectivity index (χ3n) is 4.38. The van der Waals surface area contributed by atoms with Gasteiger partial charge in [-0.05, 0) is 37.6 Å². The molecule has 1 aliphatic rings. The number of hydrogen-bond donors (Lipinski definition) is 1. The summed E-state index contributed by atoms with van der Waals surface area (Å²) in [5, 5.41) is 14.6. The number of imidazole rings is 1. The number of amides is 1. The lowest BCUT2D eigenvalue weighted by molar-refractivity contribution is -0.0119. The number of halogens is 2. The van der Waals surface area contributed by atoms with Gasteiger partial charge in [-0.15, -0.1) is 10.2 Å². The summed E-state index contributed by atoms with van der Waals surface area (Å²) in [7, 11) is 0. The molecule has 8 nitrogen and oxygen atoms in total. The fourth-order valence-corrected chi connectivity index (χ4v) is 3.17. The molecule has 0 aromatic carbocycles. The van der Waals surface area contributed by atoms with Gasteiger partial charge in [-0.1, -0.05) is 0 Å². The third kappa shape index (κ3) is 3.42. The summed E-state index contributed by atoms with van der Waals surface area (Å²) in [6.07, 6.45) is 1.76. The summed E-state index contributed by atoms with van der Waals surface area (Å²) in [6.45, 7) is 1.79. The summed E-state index contributed by atoms with van der Waals surface area (Å²) >= 11 is 0. The van der Waals surface area contributed by atoms with Gasteiger partial charge in [0.1, 0.15) is 5.82 Å². The van der Waals surface area contributed by atoms with Gasteiger partial charge < -0.3 is 10.2 Å². The molecule has 1 fully saturated rings. The zero-order chi connectivity index (χ0) is 19.0. The standard InChI is InChI=1S/C17H17F2N7O/c1-11-15(16(27)22-12-4-2-8-20-23-12)26-13(21-11)5-6-14(24-26)25-9-3-7-17(18,19)10-25/h2,4-6,8H,3,7,9-10H2,1H3,(H,22,23,27).